The topological polar surface area (TPSA) is 90.2 Å². The van der Waals surface area contributed by atoms with Crippen molar-refractivity contribution in [3.63, 3.8) is 0 Å². The maximum Gasteiger partial charge on any atom is 0.111 e. The van der Waals surface area contributed by atoms with Crippen LogP contribution in [0.4, 0.5) is 0 Å². The molecule has 0 heterocycles. The van der Waals surface area contributed by atoms with Crippen molar-refractivity contribution in [3.05, 3.63) is 0 Å². The van der Waals surface area contributed by atoms with Gasteiger partial charge in [0.1, 0.15) is 5.60 Å². The molecule has 5 heteroatoms. The van der Waals surface area contributed by atoms with Gasteiger partial charge in [0.15, 0.2) is 0 Å². The van der Waals surface area contributed by atoms with Crippen LogP contribution in [-0.2, 0) is 4.74 Å². The molecule has 15 heavy (non-hydrogen) atoms. The van der Waals surface area contributed by atoms with E-state index in [2.05, 4.69) is 0 Å². The van der Waals surface area contributed by atoms with Crippen LogP contribution in [-0.4, -0.2) is 58.6 Å². The van der Waals surface area contributed by atoms with Gasteiger partial charge in [-0.05, 0) is 26.2 Å². The van der Waals surface area contributed by atoms with Crippen molar-refractivity contribution in [2.45, 2.75) is 37.9 Å². The molecule has 4 N–H and O–H groups in total. The Morgan fingerprint density at radius 1 is 1.27 bits per heavy atom. The van der Waals surface area contributed by atoms with Crippen molar-refractivity contribution in [1.29, 1.82) is 0 Å². The fraction of sp³-hybridized carbons (Fsp3) is 1.00. The van der Waals surface area contributed by atoms with Gasteiger partial charge in [0.05, 0.1) is 25.9 Å². The Bertz CT molecular complexity index is 151. The maximum atomic E-state index is 9.82. The van der Waals surface area contributed by atoms with E-state index in [1.807, 2.05) is 0 Å². The first kappa shape index (κ1) is 14.8. The van der Waals surface area contributed by atoms with Gasteiger partial charge in [-0.1, -0.05) is 0 Å². The molecule has 0 fully saturated rings. The molecule has 0 aliphatic carbocycles. The second-order valence-electron chi connectivity index (χ2n) is 3.93. The van der Waals surface area contributed by atoms with Crippen molar-refractivity contribution in [2.75, 3.05) is 26.4 Å². The molecule has 2 unspecified atom stereocenters. The van der Waals surface area contributed by atoms with E-state index in [-0.39, 0.29) is 26.4 Å². The van der Waals surface area contributed by atoms with Crippen LogP contribution in [0.2, 0.25) is 0 Å². The number of rotatable bonds is 9. The van der Waals surface area contributed by atoms with Gasteiger partial charge in [0, 0.05) is 6.61 Å². The van der Waals surface area contributed by atoms with Crippen molar-refractivity contribution in [1.82, 2.24) is 0 Å². The standard InChI is InChI=1S/C10H22O5/c1-9(13)6-15-8-10(14,7-12)4-2-3-5-11/h9,11-14H,2-8H2,1H3. The Labute approximate surface area is 90.3 Å². The van der Waals surface area contributed by atoms with Crippen LogP contribution >= 0.6 is 0 Å². The quantitative estimate of drug-likeness (QED) is 0.386. The Morgan fingerprint density at radius 2 is 1.93 bits per heavy atom. The monoisotopic (exact) mass is 222 g/mol. The number of hydrogen-bond donors (Lipinski definition) is 4. The summed E-state index contributed by atoms with van der Waals surface area (Å²) in [7, 11) is 0. The summed E-state index contributed by atoms with van der Waals surface area (Å²) in [5.74, 6) is 0. The third kappa shape index (κ3) is 7.70. The SMILES string of the molecule is CC(O)COCC(O)(CO)CCCCO. The van der Waals surface area contributed by atoms with Crippen molar-refractivity contribution >= 4 is 0 Å². The Morgan fingerprint density at radius 3 is 2.40 bits per heavy atom. The van der Waals surface area contributed by atoms with Crippen LogP contribution in [0.5, 0.6) is 0 Å². The number of hydrogen-bond acceptors (Lipinski definition) is 5. The van der Waals surface area contributed by atoms with Crippen LogP contribution in [0.15, 0.2) is 0 Å². The van der Waals surface area contributed by atoms with Gasteiger partial charge in [0.25, 0.3) is 0 Å². The Hall–Kier alpha value is -0.200. The summed E-state index contributed by atoms with van der Waals surface area (Å²) >= 11 is 0. The number of ether oxygens (including phenoxy) is 1. The fourth-order valence-electron chi connectivity index (χ4n) is 1.18. The predicted molar refractivity (Wildman–Crippen MR) is 55.5 cm³/mol. The first-order valence-electron chi connectivity index (χ1n) is 5.24. The highest BCUT2D eigenvalue weighted by atomic mass is 16.5. The average Bonchev–Trinajstić information content (AvgIpc) is 2.18. The van der Waals surface area contributed by atoms with Crippen molar-refractivity contribution in [2.24, 2.45) is 0 Å². The molecular formula is C10H22O5. The number of unbranched alkanes of at least 4 members (excludes halogenated alkanes) is 1. The molecule has 0 bridgehead atoms. The van der Waals surface area contributed by atoms with E-state index in [0.717, 1.165) is 0 Å². The van der Waals surface area contributed by atoms with Crippen LogP contribution in [0.3, 0.4) is 0 Å². The molecule has 92 valence electrons. The lowest BCUT2D eigenvalue weighted by Gasteiger charge is -2.25. The van der Waals surface area contributed by atoms with Crippen LogP contribution in [0.25, 0.3) is 0 Å². The van der Waals surface area contributed by atoms with E-state index in [1.165, 1.54) is 0 Å². The second kappa shape index (κ2) is 8.01. The van der Waals surface area contributed by atoms with Gasteiger partial charge in [-0.2, -0.15) is 0 Å². The predicted octanol–water partition coefficient (Wildman–Crippen LogP) is -0.730. The minimum absolute atomic E-state index is 0.000170. The smallest absolute Gasteiger partial charge is 0.111 e. The molecule has 0 aromatic rings. The first-order valence-corrected chi connectivity index (χ1v) is 5.24. The molecule has 0 saturated carbocycles. The lowest BCUT2D eigenvalue weighted by molar-refractivity contribution is -0.0941. The number of aliphatic hydroxyl groups excluding tert-OH is 3. The highest BCUT2D eigenvalue weighted by Gasteiger charge is 2.25. The molecule has 0 aliphatic rings. The molecular weight excluding hydrogens is 200 g/mol. The van der Waals surface area contributed by atoms with Gasteiger partial charge >= 0.3 is 0 Å². The molecule has 0 radical (unpaired) electrons. The molecule has 0 saturated heterocycles. The lowest BCUT2D eigenvalue weighted by atomic mass is 9.99. The van der Waals surface area contributed by atoms with E-state index in [9.17, 15) is 5.11 Å². The third-order valence-electron chi connectivity index (χ3n) is 2.07. The maximum absolute atomic E-state index is 9.82. The normalized spacial score (nSPS) is 17.4. The van der Waals surface area contributed by atoms with E-state index in [0.29, 0.717) is 19.3 Å². The average molecular weight is 222 g/mol. The number of aliphatic hydroxyl groups is 4. The molecule has 0 aliphatic heterocycles. The van der Waals surface area contributed by atoms with E-state index in [4.69, 9.17) is 20.1 Å². The minimum Gasteiger partial charge on any atom is -0.396 e. The summed E-state index contributed by atoms with van der Waals surface area (Å²) in [6.07, 6.45) is 1.03. The van der Waals surface area contributed by atoms with Gasteiger partial charge in [0.2, 0.25) is 0 Å². The molecule has 0 spiro atoms. The third-order valence-corrected chi connectivity index (χ3v) is 2.07. The molecule has 0 rings (SSSR count). The zero-order valence-electron chi connectivity index (χ0n) is 9.22. The summed E-state index contributed by atoms with van der Waals surface area (Å²) in [6, 6.07) is 0. The van der Waals surface area contributed by atoms with E-state index >= 15 is 0 Å². The zero-order chi connectivity index (χ0) is 11.7. The second-order valence-corrected chi connectivity index (χ2v) is 3.93. The van der Waals surface area contributed by atoms with E-state index in [1.54, 1.807) is 6.92 Å². The fourth-order valence-corrected chi connectivity index (χ4v) is 1.18. The molecule has 5 nitrogen and oxygen atoms in total. The lowest BCUT2D eigenvalue weighted by Crippen LogP contribution is -2.39. The van der Waals surface area contributed by atoms with Crippen LogP contribution in [0.1, 0.15) is 26.2 Å². The largest absolute Gasteiger partial charge is 0.396 e. The zero-order valence-corrected chi connectivity index (χ0v) is 9.22. The molecule has 0 aromatic carbocycles. The van der Waals surface area contributed by atoms with Crippen LogP contribution in [0, 0.1) is 0 Å². The summed E-state index contributed by atoms with van der Waals surface area (Å²) < 4.78 is 5.06. The summed E-state index contributed by atoms with van der Waals surface area (Å²) in [5.41, 5.74) is -1.26. The summed E-state index contributed by atoms with van der Waals surface area (Å²) in [4.78, 5) is 0. The Kier molecular flexibility index (Phi) is 7.90. The van der Waals surface area contributed by atoms with E-state index < -0.39 is 11.7 Å². The van der Waals surface area contributed by atoms with Gasteiger partial charge < -0.3 is 25.2 Å². The van der Waals surface area contributed by atoms with Crippen molar-refractivity contribution in [3.8, 4) is 0 Å². The van der Waals surface area contributed by atoms with Gasteiger partial charge in [-0.15, -0.1) is 0 Å². The summed E-state index contributed by atoms with van der Waals surface area (Å²) in [5, 5.41) is 36.3. The highest BCUT2D eigenvalue weighted by molar-refractivity contribution is 4.77. The molecule has 2 atom stereocenters. The molecule has 0 amide bonds. The summed E-state index contributed by atoms with van der Waals surface area (Å²) in [6.45, 7) is 1.43. The Balaban J connectivity index is 3.74. The van der Waals surface area contributed by atoms with Crippen LogP contribution < -0.4 is 0 Å². The van der Waals surface area contributed by atoms with Crippen molar-refractivity contribution < 1.29 is 25.2 Å². The van der Waals surface area contributed by atoms with Gasteiger partial charge in [-0.25, -0.2) is 0 Å². The molecule has 0 aromatic heterocycles. The first-order chi connectivity index (χ1) is 7.04. The van der Waals surface area contributed by atoms with Gasteiger partial charge in [-0.3, -0.25) is 0 Å². The highest BCUT2D eigenvalue weighted by Crippen LogP contribution is 2.14. The minimum atomic E-state index is -1.26.